The van der Waals surface area contributed by atoms with Crippen molar-refractivity contribution in [3.63, 3.8) is 0 Å². The van der Waals surface area contributed by atoms with E-state index in [1.54, 1.807) is 6.92 Å². The minimum absolute atomic E-state index is 0.0419. The van der Waals surface area contributed by atoms with Gasteiger partial charge in [-0.2, -0.15) is 17.6 Å². The largest absolute Gasteiger partial charge is 0.469 e. The summed E-state index contributed by atoms with van der Waals surface area (Å²) in [5.41, 5.74) is 5.22. The number of imidazole rings is 1. The van der Waals surface area contributed by atoms with E-state index in [-0.39, 0.29) is 17.1 Å². The van der Waals surface area contributed by atoms with Crippen LogP contribution < -0.4 is 11.3 Å². The number of aryl methyl sites for hydroxylation is 1. The average molecular weight is 393 g/mol. The second-order valence-corrected chi connectivity index (χ2v) is 7.32. The summed E-state index contributed by atoms with van der Waals surface area (Å²) in [5, 5.41) is 9.43. The summed E-state index contributed by atoms with van der Waals surface area (Å²) in [7, 11) is -4.72. The van der Waals surface area contributed by atoms with E-state index in [1.165, 1.54) is 4.57 Å². The summed E-state index contributed by atoms with van der Waals surface area (Å²) in [4.78, 5) is 40.0. The number of phosphoric acid groups is 1. The van der Waals surface area contributed by atoms with Crippen LogP contribution in [0, 0.1) is 6.92 Å². The van der Waals surface area contributed by atoms with E-state index in [2.05, 4.69) is 32.1 Å². The van der Waals surface area contributed by atoms with Crippen LogP contribution in [-0.4, -0.2) is 58.5 Å². The standard InChI is InChI=1S/C11H16N5O7PS/c1-3-13-5-8(14-11(12)15-9(5)18)16(3)10-7(25)6(17)4(23-10)2-22-24(19,20)21/h4,6-7,10,17,25H,2H2,1H3,(H2,19,20,21)(H3,12,14,15,18)/t4-,6-,7-,10-/m1/s1. The number of nitrogens with one attached hydrogen (secondary N) is 1. The molecule has 0 bridgehead atoms. The number of nitrogens with zero attached hydrogens (tertiary/aromatic N) is 3. The zero-order chi connectivity index (χ0) is 18.5. The summed E-state index contributed by atoms with van der Waals surface area (Å²) >= 11 is 4.30. The molecule has 12 nitrogen and oxygen atoms in total. The van der Waals surface area contributed by atoms with Crippen LogP contribution >= 0.6 is 20.5 Å². The molecule has 0 saturated carbocycles. The second-order valence-electron chi connectivity index (χ2n) is 5.49. The number of aliphatic hydroxyl groups is 1. The Bertz CT molecular complexity index is 910. The Morgan fingerprint density at radius 2 is 2.16 bits per heavy atom. The van der Waals surface area contributed by atoms with Gasteiger partial charge in [0.05, 0.1) is 18.0 Å². The Morgan fingerprint density at radius 3 is 2.80 bits per heavy atom. The lowest BCUT2D eigenvalue weighted by atomic mass is 10.2. The topological polar surface area (TPSA) is 186 Å². The number of H-pyrrole nitrogens is 1. The van der Waals surface area contributed by atoms with Crippen LogP contribution in [0.5, 0.6) is 0 Å². The van der Waals surface area contributed by atoms with Crippen molar-refractivity contribution in [1.82, 2.24) is 19.5 Å². The lowest BCUT2D eigenvalue weighted by molar-refractivity contribution is -0.0428. The van der Waals surface area contributed by atoms with E-state index in [9.17, 15) is 14.5 Å². The minimum Gasteiger partial charge on any atom is -0.389 e. The molecule has 138 valence electrons. The zero-order valence-electron chi connectivity index (χ0n) is 12.8. The van der Waals surface area contributed by atoms with Crippen molar-refractivity contribution in [2.24, 2.45) is 0 Å². The first-order valence-electron chi connectivity index (χ1n) is 7.04. The van der Waals surface area contributed by atoms with E-state index in [4.69, 9.17) is 20.3 Å². The Morgan fingerprint density at radius 1 is 1.48 bits per heavy atom. The van der Waals surface area contributed by atoms with Crippen molar-refractivity contribution in [3.8, 4) is 0 Å². The Kier molecular flexibility index (Phi) is 4.66. The molecule has 0 spiro atoms. The first kappa shape index (κ1) is 18.3. The molecule has 3 heterocycles. The second kappa shape index (κ2) is 6.36. The number of hydrogen-bond acceptors (Lipinski definition) is 9. The van der Waals surface area contributed by atoms with Gasteiger partial charge in [-0.15, -0.1) is 0 Å². The number of nitrogens with two attached hydrogens (primary N) is 1. The third kappa shape index (κ3) is 3.44. The van der Waals surface area contributed by atoms with Crippen LogP contribution in [-0.2, 0) is 13.8 Å². The molecular weight excluding hydrogens is 377 g/mol. The molecule has 0 amide bonds. The van der Waals surface area contributed by atoms with Crippen LogP contribution in [0.1, 0.15) is 12.1 Å². The number of aromatic nitrogens is 4. The van der Waals surface area contributed by atoms with E-state index >= 15 is 0 Å². The van der Waals surface area contributed by atoms with Gasteiger partial charge in [-0.05, 0) is 6.92 Å². The number of phosphoric ester groups is 1. The summed E-state index contributed by atoms with van der Waals surface area (Å²) < 4.78 is 22.3. The van der Waals surface area contributed by atoms with Gasteiger partial charge in [0.25, 0.3) is 5.56 Å². The predicted molar refractivity (Wildman–Crippen MR) is 88.0 cm³/mol. The van der Waals surface area contributed by atoms with Gasteiger partial charge >= 0.3 is 7.82 Å². The van der Waals surface area contributed by atoms with Gasteiger partial charge in [-0.1, -0.05) is 0 Å². The van der Waals surface area contributed by atoms with Crippen LogP contribution in [0.15, 0.2) is 4.79 Å². The molecular formula is C11H16N5O7PS. The van der Waals surface area contributed by atoms with Gasteiger partial charge in [-0.25, -0.2) is 9.55 Å². The van der Waals surface area contributed by atoms with E-state index < -0.39 is 43.7 Å². The first-order chi connectivity index (χ1) is 11.6. The highest BCUT2D eigenvalue weighted by Crippen LogP contribution is 2.40. The monoisotopic (exact) mass is 393 g/mol. The minimum atomic E-state index is -4.72. The number of anilines is 1. The number of aliphatic hydroxyl groups excluding tert-OH is 1. The molecule has 1 fully saturated rings. The van der Waals surface area contributed by atoms with E-state index in [1.807, 2.05) is 0 Å². The van der Waals surface area contributed by atoms with Crippen LogP contribution in [0.4, 0.5) is 5.95 Å². The summed E-state index contributed by atoms with van der Waals surface area (Å²) in [5.74, 6) is 0.251. The van der Waals surface area contributed by atoms with Gasteiger partial charge in [0, 0.05) is 0 Å². The SMILES string of the molecule is Cc1nc2c(=O)[nH]c(N)nc2n1[C@@H]1O[C@H](COP(=O)(O)O)[C@@H](O)[C@H]1S. The summed E-state index contributed by atoms with van der Waals surface area (Å²) in [6.45, 7) is 1.06. The fraction of sp³-hybridized carbons (Fsp3) is 0.545. The van der Waals surface area contributed by atoms with E-state index in [0.29, 0.717) is 5.82 Å². The number of thiol groups is 1. The molecule has 25 heavy (non-hydrogen) atoms. The van der Waals surface area contributed by atoms with Gasteiger partial charge < -0.3 is 25.4 Å². The van der Waals surface area contributed by atoms with Crippen molar-refractivity contribution in [2.75, 3.05) is 12.3 Å². The molecule has 0 unspecified atom stereocenters. The van der Waals surface area contributed by atoms with Gasteiger partial charge in [-0.3, -0.25) is 18.9 Å². The zero-order valence-corrected chi connectivity index (χ0v) is 14.6. The summed E-state index contributed by atoms with van der Waals surface area (Å²) in [6.07, 6.45) is -3.13. The molecule has 1 aliphatic heterocycles. The van der Waals surface area contributed by atoms with Crippen LogP contribution in [0.3, 0.4) is 0 Å². The first-order valence-corrected chi connectivity index (χ1v) is 9.09. The molecule has 1 aliphatic rings. The highest BCUT2D eigenvalue weighted by Gasteiger charge is 2.44. The number of ether oxygens (including phenoxy) is 1. The van der Waals surface area contributed by atoms with Crippen LogP contribution in [0.25, 0.3) is 11.2 Å². The molecule has 0 aromatic carbocycles. The highest BCUT2D eigenvalue weighted by molar-refractivity contribution is 7.81. The molecule has 0 radical (unpaired) electrons. The Hall–Kier alpha value is -1.47. The molecule has 1 saturated heterocycles. The average Bonchev–Trinajstić information content (AvgIpc) is 2.95. The van der Waals surface area contributed by atoms with Gasteiger partial charge in [0.1, 0.15) is 11.9 Å². The van der Waals surface area contributed by atoms with Crippen molar-refractivity contribution in [2.45, 2.75) is 30.6 Å². The molecule has 3 rings (SSSR count). The van der Waals surface area contributed by atoms with Crippen molar-refractivity contribution in [3.05, 3.63) is 16.2 Å². The third-order valence-corrected chi connectivity index (χ3v) is 4.79. The maximum Gasteiger partial charge on any atom is 0.469 e. The van der Waals surface area contributed by atoms with Crippen molar-refractivity contribution < 1.29 is 28.7 Å². The van der Waals surface area contributed by atoms with Crippen LogP contribution in [0.2, 0.25) is 0 Å². The highest BCUT2D eigenvalue weighted by atomic mass is 32.1. The fourth-order valence-electron chi connectivity index (χ4n) is 2.67. The summed E-state index contributed by atoms with van der Waals surface area (Å²) in [6, 6.07) is 0. The number of hydrogen-bond donors (Lipinski definition) is 6. The van der Waals surface area contributed by atoms with Crippen molar-refractivity contribution >= 4 is 37.6 Å². The molecule has 0 aliphatic carbocycles. The Balaban J connectivity index is 1.97. The number of rotatable bonds is 4. The molecule has 2 aromatic rings. The lowest BCUT2D eigenvalue weighted by Crippen LogP contribution is -2.30. The molecule has 4 atom stereocenters. The maximum absolute atomic E-state index is 11.9. The fourth-order valence-corrected chi connectivity index (χ4v) is 3.40. The van der Waals surface area contributed by atoms with Gasteiger partial charge in [0.2, 0.25) is 5.95 Å². The smallest absolute Gasteiger partial charge is 0.389 e. The molecule has 6 N–H and O–H groups in total. The Labute approximate surface area is 145 Å². The normalized spacial score (nSPS) is 27.2. The quantitative estimate of drug-likeness (QED) is 0.269. The molecule has 14 heteroatoms. The maximum atomic E-state index is 11.9. The predicted octanol–water partition coefficient (Wildman–Crippen LogP) is -1.32. The molecule has 2 aromatic heterocycles. The number of fused-ring (bicyclic) bond motifs is 1. The third-order valence-electron chi connectivity index (χ3n) is 3.74. The van der Waals surface area contributed by atoms with Gasteiger partial charge in [0.15, 0.2) is 17.4 Å². The number of nitrogen functional groups attached to an aromatic ring is 1. The van der Waals surface area contributed by atoms with E-state index in [0.717, 1.165) is 0 Å². The van der Waals surface area contributed by atoms with Crippen molar-refractivity contribution in [1.29, 1.82) is 0 Å². The number of aromatic amines is 1. The lowest BCUT2D eigenvalue weighted by Gasteiger charge is -2.18.